The Kier molecular flexibility index (Phi) is 10.2. The fourth-order valence-corrected chi connectivity index (χ4v) is 7.12. The SMILES string of the molecule is NC(=O)C(c1ccccc1)(c1ccccc1)[C@@H]1CCN(CCC(=O)Nc2ccc(CNC[C@H](O)c3ccc(O)c4[nH]c(=O)ccc34)cc2)C1. The van der Waals surface area contributed by atoms with Gasteiger partial charge in [0.2, 0.25) is 17.4 Å². The maximum absolute atomic E-state index is 13.3. The summed E-state index contributed by atoms with van der Waals surface area (Å²) in [7, 11) is 0. The molecule has 0 unspecified atom stereocenters. The maximum atomic E-state index is 13.3. The largest absolute Gasteiger partial charge is 0.506 e. The molecule has 1 saturated heterocycles. The van der Waals surface area contributed by atoms with Crippen molar-refractivity contribution in [3.05, 3.63) is 142 Å². The Bertz CT molecular complexity index is 1920. The molecule has 4 aromatic carbocycles. The van der Waals surface area contributed by atoms with Crippen LogP contribution in [0.25, 0.3) is 10.9 Å². The summed E-state index contributed by atoms with van der Waals surface area (Å²) in [5, 5.41) is 27.7. The van der Waals surface area contributed by atoms with E-state index in [2.05, 4.69) is 20.5 Å². The lowest BCUT2D eigenvalue weighted by Crippen LogP contribution is -2.49. The number of hydrogen-bond acceptors (Lipinski definition) is 7. The molecule has 10 nitrogen and oxygen atoms in total. The molecule has 6 rings (SSSR count). The van der Waals surface area contributed by atoms with Crippen LogP contribution in [0.5, 0.6) is 5.75 Å². The highest BCUT2D eigenvalue weighted by atomic mass is 16.3. The molecule has 0 spiro atoms. The first-order valence-electron chi connectivity index (χ1n) is 16.5. The fourth-order valence-electron chi connectivity index (χ4n) is 7.12. The van der Waals surface area contributed by atoms with E-state index >= 15 is 0 Å². The number of phenols is 1. The van der Waals surface area contributed by atoms with E-state index in [0.717, 1.165) is 29.7 Å². The molecule has 2 atom stereocenters. The van der Waals surface area contributed by atoms with Crippen LogP contribution in [0.15, 0.2) is 114 Å². The van der Waals surface area contributed by atoms with Crippen LogP contribution < -0.4 is 21.9 Å². The van der Waals surface area contributed by atoms with Crippen molar-refractivity contribution in [2.24, 2.45) is 11.7 Å². The van der Waals surface area contributed by atoms with Crippen molar-refractivity contribution in [3.63, 3.8) is 0 Å². The number of aliphatic hydroxyl groups excluding tert-OH is 1. The number of carbonyl (C=O) groups is 2. The highest BCUT2D eigenvalue weighted by Gasteiger charge is 2.49. The number of rotatable bonds is 13. The minimum absolute atomic E-state index is 0.0360. The molecule has 2 amide bonds. The number of nitrogens with two attached hydrogens (primary N) is 1. The van der Waals surface area contributed by atoms with Crippen molar-refractivity contribution in [2.45, 2.75) is 30.9 Å². The monoisotopic (exact) mass is 659 g/mol. The van der Waals surface area contributed by atoms with Crippen LogP contribution in [-0.4, -0.2) is 58.1 Å². The molecule has 49 heavy (non-hydrogen) atoms. The lowest BCUT2D eigenvalue weighted by atomic mass is 9.64. The van der Waals surface area contributed by atoms with Crippen molar-refractivity contribution in [3.8, 4) is 5.75 Å². The Balaban J connectivity index is 1.00. The Hall–Kier alpha value is -5.29. The smallest absolute Gasteiger partial charge is 0.248 e. The number of benzene rings is 4. The third kappa shape index (κ3) is 7.26. The third-order valence-electron chi connectivity index (χ3n) is 9.56. The minimum atomic E-state index is -0.963. The molecule has 1 aliphatic rings. The second-order valence-corrected chi connectivity index (χ2v) is 12.6. The van der Waals surface area contributed by atoms with E-state index in [9.17, 15) is 24.6 Å². The van der Waals surface area contributed by atoms with E-state index in [1.54, 1.807) is 12.1 Å². The molecular formula is C39H41N5O5. The molecule has 252 valence electrons. The molecule has 0 aliphatic carbocycles. The number of nitrogens with zero attached hydrogens (tertiary/aromatic N) is 1. The average molecular weight is 660 g/mol. The molecule has 7 N–H and O–H groups in total. The Morgan fingerprint density at radius 1 is 0.918 bits per heavy atom. The van der Waals surface area contributed by atoms with Gasteiger partial charge < -0.3 is 36.5 Å². The number of aromatic amines is 1. The summed E-state index contributed by atoms with van der Waals surface area (Å²) in [6.07, 6.45) is 0.240. The van der Waals surface area contributed by atoms with Gasteiger partial charge in [-0.3, -0.25) is 14.4 Å². The summed E-state index contributed by atoms with van der Waals surface area (Å²) in [5.41, 5.74) is 9.26. The summed E-state index contributed by atoms with van der Waals surface area (Å²) in [5.74, 6) is -0.547. The van der Waals surface area contributed by atoms with Crippen molar-refractivity contribution in [1.29, 1.82) is 0 Å². The molecule has 0 radical (unpaired) electrons. The molecule has 1 aliphatic heterocycles. The zero-order valence-corrected chi connectivity index (χ0v) is 27.1. The van der Waals surface area contributed by atoms with E-state index in [4.69, 9.17) is 5.73 Å². The van der Waals surface area contributed by atoms with Gasteiger partial charge in [0.15, 0.2) is 0 Å². The number of amides is 2. The van der Waals surface area contributed by atoms with Crippen LogP contribution in [0.4, 0.5) is 5.69 Å². The lowest BCUT2D eigenvalue weighted by Gasteiger charge is -2.37. The van der Waals surface area contributed by atoms with E-state index in [0.29, 0.717) is 48.2 Å². The molecular weight excluding hydrogens is 618 g/mol. The summed E-state index contributed by atoms with van der Waals surface area (Å²) in [4.78, 5) is 42.8. The fraction of sp³-hybridized carbons (Fsp3) is 0.256. The van der Waals surface area contributed by atoms with Gasteiger partial charge in [-0.25, -0.2) is 0 Å². The van der Waals surface area contributed by atoms with Crippen LogP contribution in [0.3, 0.4) is 0 Å². The number of pyridine rings is 1. The van der Waals surface area contributed by atoms with Crippen LogP contribution in [0, 0.1) is 5.92 Å². The van der Waals surface area contributed by atoms with E-state index in [1.165, 1.54) is 12.1 Å². The molecule has 0 bridgehead atoms. The molecule has 10 heteroatoms. The number of likely N-dealkylation sites (tertiary alicyclic amines) is 1. The zero-order valence-electron chi connectivity index (χ0n) is 27.1. The number of H-pyrrole nitrogens is 1. The van der Waals surface area contributed by atoms with Crippen molar-refractivity contribution in [1.82, 2.24) is 15.2 Å². The van der Waals surface area contributed by atoms with Gasteiger partial charge in [0.25, 0.3) is 0 Å². The van der Waals surface area contributed by atoms with Gasteiger partial charge in [-0.15, -0.1) is 0 Å². The number of anilines is 1. The van der Waals surface area contributed by atoms with E-state index in [-0.39, 0.29) is 35.6 Å². The number of primary amides is 1. The summed E-state index contributed by atoms with van der Waals surface area (Å²) in [6.45, 7) is 2.74. The van der Waals surface area contributed by atoms with Gasteiger partial charge in [-0.05, 0) is 65.4 Å². The van der Waals surface area contributed by atoms with Gasteiger partial charge >= 0.3 is 0 Å². The molecule has 2 heterocycles. The predicted molar refractivity (Wildman–Crippen MR) is 190 cm³/mol. The Morgan fingerprint density at radius 3 is 2.24 bits per heavy atom. The second-order valence-electron chi connectivity index (χ2n) is 12.6. The number of aromatic hydroxyl groups is 1. The number of hydrogen-bond donors (Lipinski definition) is 6. The topological polar surface area (TPSA) is 161 Å². The van der Waals surface area contributed by atoms with Crippen LogP contribution in [-0.2, 0) is 21.5 Å². The number of aromatic nitrogens is 1. The first kappa shape index (κ1) is 33.6. The van der Waals surface area contributed by atoms with Gasteiger partial charge in [0.1, 0.15) is 11.2 Å². The highest BCUT2D eigenvalue weighted by molar-refractivity contribution is 5.92. The van der Waals surface area contributed by atoms with Gasteiger partial charge in [0.05, 0.1) is 11.6 Å². The second kappa shape index (κ2) is 14.9. The highest BCUT2D eigenvalue weighted by Crippen LogP contribution is 2.43. The predicted octanol–water partition coefficient (Wildman–Crippen LogP) is 4.18. The molecule has 1 aromatic heterocycles. The first-order valence-corrected chi connectivity index (χ1v) is 16.5. The normalized spacial score (nSPS) is 15.7. The third-order valence-corrected chi connectivity index (χ3v) is 9.56. The lowest BCUT2D eigenvalue weighted by molar-refractivity contribution is -0.124. The van der Waals surface area contributed by atoms with Crippen molar-refractivity contribution >= 4 is 28.4 Å². The minimum Gasteiger partial charge on any atom is -0.506 e. The van der Waals surface area contributed by atoms with E-state index in [1.807, 2.05) is 84.9 Å². The van der Waals surface area contributed by atoms with Crippen LogP contribution >= 0.6 is 0 Å². The number of carbonyl (C=O) groups excluding carboxylic acids is 2. The van der Waals surface area contributed by atoms with Gasteiger partial charge in [-0.2, -0.15) is 0 Å². The number of fused-ring (bicyclic) bond motifs is 1. The van der Waals surface area contributed by atoms with Crippen LogP contribution in [0.2, 0.25) is 0 Å². The zero-order chi connectivity index (χ0) is 34.4. The quantitative estimate of drug-likeness (QED) is 0.111. The van der Waals surface area contributed by atoms with E-state index < -0.39 is 11.5 Å². The number of aliphatic hydroxyl groups is 1. The molecule has 5 aromatic rings. The van der Waals surface area contributed by atoms with Crippen LogP contribution in [0.1, 0.15) is 41.2 Å². The Labute approximate surface area is 284 Å². The Morgan fingerprint density at radius 2 is 1.59 bits per heavy atom. The maximum Gasteiger partial charge on any atom is 0.248 e. The van der Waals surface area contributed by atoms with Gasteiger partial charge in [0, 0.05) is 49.7 Å². The van der Waals surface area contributed by atoms with Gasteiger partial charge in [-0.1, -0.05) is 78.9 Å². The van der Waals surface area contributed by atoms with Crippen molar-refractivity contribution in [2.75, 3.05) is 31.5 Å². The number of nitrogens with one attached hydrogen (secondary N) is 3. The summed E-state index contributed by atoms with van der Waals surface area (Å²) in [6, 6.07) is 33.1. The average Bonchev–Trinajstić information content (AvgIpc) is 3.59. The number of phenolic OH excluding ortho intramolecular Hbond substituents is 1. The summed E-state index contributed by atoms with van der Waals surface area (Å²) >= 11 is 0. The summed E-state index contributed by atoms with van der Waals surface area (Å²) < 4.78 is 0. The molecule has 0 saturated carbocycles. The van der Waals surface area contributed by atoms with Crippen molar-refractivity contribution < 1.29 is 19.8 Å². The molecule has 1 fully saturated rings. The standard InChI is InChI=1S/C39H41N5O5/c40-38(49)39(27-7-3-1-4-8-27,28-9-5-2-6-10-28)29-19-21-44(25-29)22-20-36(48)42-30-13-11-26(12-14-30)23-41-24-34(46)31-15-17-33(45)37-32(31)16-18-35(47)43-37/h1-18,29,34,41,45-46H,19-25H2,(H2,40,49)(H,42,48)(H,43,47)/t29-,34+/m1/s1. The first-order chi connectivity index (χ1) is 23.8.